The minimum atomic E-state index is -0.174. The molecule has 0 saturated heterocycles. The van der Waals surface area contributed by atoms with Gasteiger partial charge in [0.1, 0.15) is 5.82 Å². The van der Waals surface area contributed by atoms with E-state index < -0.39 is 0 Å². The van der Waals surface area contributed by atoms with E-state index in [0.29, 0.717) is 5.39 Å². The minimum absolute atomic E-state index is 0.101. The van der Waals surface area contributed by atoms with Crippen LogP contribution < -0.4 is 5.73 Å². The van der Waals surface area contributed by atoms with Gasteiger partial charge in [-0.1, -0.05) is 13.0 Å². The summed E-state index contributed by atoms with van der Waals surface area (Å²) in [5.74, 6) is -0.174. The first-order chi connectivity index (χ1) is 7.22. The van der Waals surface area contributed by atoms with Gasteiger partial charge in [0.2, 0.25) is 0 Å². The molecule has 2 aromatic rings. The van der Waals surface area contributed by atoms with Crippen molar-refractivity contribution in [2.75, 3.05) is 0 Å². The molecular weight excluding hydrogens is 191 g/mol. The lowest BCUT2D eigenvalue weighted by Crippen LogP contribution is -2.21. The third kappa shape index (κ3) is 1.88. The van der Waals surface area contributed by atoms with E-state index in [2.05, 4.69) is 4.98 Å². The van der Waals surface area contributed by atoms with Gasteiger partial charge in [0.15, 0.2) is 0 Å². The second kappa shape index (κ2) is 4.03. The van der Waals surface area contributed by atoms with E-state index in [9.17, 15) is 4.39 Å². The third-order valence-corrected chi connectivity index (χ3v) is 2.74. The van der Waals surface area contributed by atoms with Crippen molar-refractivity contribution in [2.45, 2.75) is 25.8 Å². The van der Waals surface area contributed by atoms with Gasteiger partial charge >= 0.3 is 0 Å². The van der Waals surface area contributed by atoms with Crippen molar-refractivity contribution in [3.05, 3.63) is 35.8 Å². The molecule has 3 N–H and O–H groups in total. The number of aromatic amines is 1. The minimum Gasteiger partial charge on any atom is -0.361 e. The molecule has 1 unspecified atom stereocenters. The molecule has 0 aliphatic carbocycles. The summed E-state index contributed by atoms with van der Waals surface area (Å²) in [4.78, 5) is 3.06. The Hall–Kier alpha value is -1.35. The van der Waals surface area contributed by atoms with Gasteiger partial charge in [-0.25, -0.2) is 4.39 Å². The number of nitrogens with two attached hydrogens (primary N) is 1. The molecule has 3 heteroatoms. The first-order valence-electron chi connectivity index (χ1n) is 5.22. The number of nitrogens with one attached hydrogen (secondary N) is 1. The van der Waals surface area contributed by atoms with Gasteiger partial charge in [-0.2, -0.15) is 0 Å². The van der Waals surface area contributed by atoms with Crippen molar-refractivity contribution in [2.24, 2.45) is 5.73 Å². The lowest BCUT2D eigenvalue weighted by molar-refractivity contribution is 0.630. The molecule has 0 aliphatic rings. The van der Waals surface area contributed by atoms with Gasteiger partial charge in [0.05, 0.1) is 0 Å². The number of rotatable bonds is 3. The van der Waals surface area contributed by atoms with E-state index in [-0.39, 0.29) is 11.9 Å². The summed E-state index contributed by atoms with van der Waals surface area (Å²) in [6.07, 6.45) is 3.47. The van der Waals surface area contributed by atoms with Crippen molar-refractivity contribution in [3.63, 3.8) is 0 Å². The number of benzene rings is 1. The van der Waals surface area contributed by atoms with Gasteiger partial charge in [-0.3, -0.25) is 0 Å². The standard InChI is InChI=1S/C12H15FN2/c1-2-9(14)6-8-7-15-11-5-3-4-10(13)12(8)11/h3-5,7,9,15H,2,6,14H2,1H3. The van der Waals surface area contributed by atoms with Crippen LogP contribution in [0.3, 0.4) is 0 Å². The maximum atomic E-state index is 13.6. The Balaban J connectivity index is 2.43. The lowest BCUT2D eigenvalue weighted by Gasteiger charge is -2.07. The van der Waals surface area contributed by atoms with Gasteiger partial charge < -0.3 is 10.7 Å². The molecule has 0 bridgehead atoms. The molecule has 0 fully saturated rings. The van der Waals surface area contributed by atoms with Crippen LogP contribution in [0.1, 0.15) is 18.9 Å². The predicted molar refractivity (Wildman–Crippen MR) is 60.2 cm³/mol. The topological polar surface area (TPSA) is 41.8 Å². The maximum absolute atomic E-state index is 13.6. The van der Waals surface area contributed by atoms with E-state index in [1.54, 1.807) is 6.07 Å². The molecule has 0 amide bonds. The number of hydrogen-bond acceptors (Lipinski definition) is 1. The third-order valence-electron chi connectivity index (χ3n) is 2.74. The Morgan fingerprint density at radius 2 is 2.27 bits per heavy atom. The Bertz CT molecular complexity index is 462. The quantitative estimate of drug-likeness (QED) is 0.796. The van der Waals surface area contributed by atoms with Crippen LogP contribution in [0, 0.1) is 5.82 Å². The molecule has 2 nitrogen and oxygen atoms in total. The Labute approximate surface area is 88.3 Å². The fourth-order valence-corrected chi connectivity index (χ4v) is 1.80. The van der Waals surface area contributed by atoms with Crippen molar-refractivity contribution in [1.29, 1.82) is 0 Å². The highest BCUT2D eigenvalue weighted by Gasteiger charge is 2.10. The molecule has 1 heterocycles. The Morgan fingerprint density at radius 1 is 1.47 bits per heavy atom. The summed E-state index contributed by atoms with van der Waals surface area (Å²) < 4.78 is 13.6. The highest BCUT2D eigenvalue weighted by atomic mass is 19.1. The maximum Gasteiger partial charge on any atom is 0.132 e. The summed E-state index contributed by atoms with van der Waals surface area (Å²) in [6, 6.07) is 5.16. The summed E-state index contributed by atoms with van der Waals surface area (Å²) in [5, 5.41) is 0.682. The fraction of sp³-hybridized carbons (Fsp3) is 0.333. The number of aromatic nitrogens is 1. The number of halogens is 1. The summed E-state index contributed by atoms with van der Waals surface area (Å²) in [5.41, 5.74) is 7.68. The second-order valence-electron chi connectivity index (χ2n) is 3.85. The predicted octanol–water partition coefficient (Wildman–Crippen LogP) is 2.59. The molecule has 1 atom stereocenters. The van der Waals surface area contributed by atoms with Crippen LogP contribution in [-0.2, 0) is 6.42 Å². The van der Waals surface area contributed by atoms with Crippen LogP contribution in [0.4, 0.5) is 4.39 Å². The summed E-state index contributed by atoms with van der Waals surface area (Å²) in [6.45, 7) is 2.04. The van der Waals surface area contributed by atoms with Crippen LogP contribution in [0.15, 0.2) is 24.4 Å². The number of hydrogen-bond donors (Lipinski definition) is 2. The molecule has 2 rings (SSSR count). The Kier molecular flexibility index (Phi) is 2.73. The molecule has 0 aliphatic heterocycles. The van der Waals surface area contributed by atoms with Gasteiger partial charge in [-0.05, 0) is 30.5 Å². The van der Waals surface area contributed by atoms with Gasteiger partial charge in [0.25, 0.3) is 0 Å². The van der Waals surface area contributed by atoms with Crippen LogP contribution >= 0.6 is 0 Å². The van der Waals surface area contributed by atoms with Crippen molar-refractivity contribution in [1.82, 2.24) is 4.98 Å². The van der Waals surface area contributed by atoms with Crippen molar-refractivity contribution < 1.29 is 4.39 Å². The van der Waals surface area contributed by atoms with E-state index in [1.165, 1.54) is 6.07 Å². The largest absolute Gasteiger partial charge is 0.361 e. The van der Waals surface area contributed by atoms with E-state index >= 15 is 0 Å². The number of fused-ring (bicyclic) bond motifs is 1. The first-order valence-corrected chi connectivity index (χ1v) is 5.22. The first kappa shape index (κ1) is 10.2. The lowest BCUT2D eigenvalue weighted by atomic mass is 10.0. The molecule has 0 saturated carbocycles. The zero-order valence-electron chi connectivity index (χ0n) is 8.76. The highest BCUT2D eigenvalue weighted by molar-refractivity contribution is 5.83. The zero-order valence-corrected chi connectivity index (χ0v) is 8.76. The second-order valence-corrected chi connectivity index (χ2v) is 3.85. The SMILES string of the molecule is CCC(N)Cc1c[nH]c2cccc(F)c12. The van der Waals surface area contributed by atoms with Gasteiger partial charge in [0, 0.05) is 23.1 Å². The molecule has 1 aromatic heterocycles. The summed E-state index contributed by atoms with van der Waals surface area (Å²) >= 11 is 0. The van der Waals surface area contributed by atoms with Crippen LogP contribution in [0.2, 0.25) is 0 Å². The normalized spacial score (nSPS) is 13.3. The molecule has 1 aromatic carbocycles. The molecule has 0 spiro atoms. The molecule has 80 valence electrons. The smallest absolute Gasteiger partial charge is 0.132 e. The zero-order chi connectivity index (χ0) is 10.8. The van der Waals surface area contributed by atoms with Crippen LogP contribution in [-0.4, -0.2) is 11.0 Å². The van der Waals surface area contributed by atoms with E-state index in [1.807, 2.05) is 19.2 Å². The monoisotopic (exact) mass is 206 g/mol. The summed E-state index contributed by atoms with van der Waals surface area (Å²) in [7, 11) is 0. The highest BCUT2D eigenvalue weighted by Crippen LogP contribution is 2.22. The van der Waals surface area contributed by atoms with Crippen LogP contribution in [0.25, 0.3) is 10.9 Å². The fourth-order valence-electron chi connectivity index (χ4n) is 1.80. The van der Waals surface area contributed by atoms with E-state index in [4.69, 9.17) is 5.73 Å². The molecule has 15 heavy (non-hydrogen) atoms. The Morgan fingerprint density at radius 3 is 3.00 bits per heavy atom. The van der Waals surface area contributed by atoms with Crippen molar-refractivity contribution in [3.8, 4) is 0 Å². The number of H-pyrrole nitrogens is 1. The molecular formula is C12H15FN2. The van der Waals surface area contributed by atoms with E-state index in [0.717, 1.165) is 23.9 Å². The van der Waals surface area contributed by atoms with Crippen LogP contribution in [0.5, 0.6) is 0 Å². The average molecular weight is 206 g/mol. The molecule has 0 radical (unpaired) electrons. The van der Waals surface area contributed by atoms with Gasteiger partial charge in [-0.15, -0.1) is 0 Å². The van der Waals surface area contributed by atoms with Crippen molar-refractivity contribution >= 4 is 10.9 Å². The average Bonchev–Trinajstić information content (AvgIpc) is 2.63.